The minimum atomic E-state index is -3.81. The Hall–Kier alpha value is -1.52. The molecule has 20 heavy (non-hydrogen) atoms. The lowest BCUT2D eigenvalue weighted by atomic mass is 10.3. The van der Waals surface area contributed by atoms with Gasteiger partial charge in [-0.05, 0) is 6.07 Å². The monoisotopic (exact) mass is 319 g/mol. The van der Waals surface area contributed by atoms with Gasteiger partial charge in [-0.25, -0.2) is 8.42 Å². The predicted octanol–water partition coefficient (Wildman–Crippen LogP) is -0.0700. The zero-order valence-electron chi connectivity index (χ0n) is 10.4. The maximum absolute atomic E-state index is 12.4. The van der Waals surface area contributed by atoms with E-state index in [-0.39, 0.29) is 40.9 Å². The molecule has 0 aromatic heterocycles. The lowest BCUT2D eigenvalue weighted by Gasteiger charge is -2.25. The van der Waals surface area contributed by atoms with Crippen molar-refractivity contribution in [3.05, 3.63) is 28.3 Å². The van der Waals surface area contributed by atoms with E-state index in [1.807, 2.05) is 0 Å². The maximum Gasteiger partial charge on any atom is 0.271 e. The molecule has 0 aliphatic carbocycles. The summed E-state index contributed by atoms with van der Waals surface area (Å²) in [6.07, 6.45) is 0. The van der Waals surface area contributed by atoms with Gasteiger partial charge in [0.25, 0.3) is 5.69 Å². The topological polar surface area (TPSA) is 124 Å². The summed E-state index contributed by atoms with van der Waals surface area (Å²) < 4.78 is 37.2. The highest BCUT2D eigenvalue weighted by atomic mass is 32.2. The predicted molar refractivity (Wildman–Crippen MR) is 74.1 cm³/mol. The molecule has 1 aromatic carbocycles. The summed E-state index contributed by atoms with van der Waals surface area (Å²) >= 11 is 0. The van der Waals surface area contributed by atoms with Gasteiger partial charge in [0.15, 0.2) is 0 Å². The van der Waals surface area contributed by atoms with Crippen LogP contribution >= 0.6 is 0 Å². The Bertz CT molecular complexity index is 663. The first-order valence-corrected chi connectivity index (χ1v) is 8.64. The molecule has 8 nitrogen and oxygen atoms in total. The van der Waals surface area contributed by atoms with Crippen molar-refractivity contribution in [1.82, 2.24) is 4.31 Å². The van der Waals surface area contributed by atoms with Gasteiger partial charge in [0, 0.05) is 47.5 Å². The number of nitro groups is 1. The highest BCUT2D eigenvalue weighted by Gasteiger charge is 2.30. The normalized spacial score (nSPS) is 18.0. The van der Waals surface area contributed by atoms with Crippen molar-refractivity contribution in [1.29, 1.82) is 0 Å². The molecule has 1 aliphatic rings. The fourth-order valence-electron chi connectivity index (χ4n) is 1.88. The van der Waals surface area contributed by atoms with E-state index >= 15 is 0 Å². The van der Waals surface area contributed by atoms with E-state index in [4.69, 9.17) is 5.73 Å². The Morgan fingerprint density at radius 2 is 1.90 bits per heavy atom. The number of hydrogen-bond acceptors (Lipinski definition) is 6. The van der Waals surface area contributed by atoms with Crippen LogP contribution in [0.15, 0.2) is 23.1 Å². The molecule has 0 radical (unpaired) electrons. The standard InChI is InChI=1S/C10H13N3O5S2/c11-9-7-8(13(14)15)1-2-10(9)20(17,18)12-3-5-19(16)6-4-12/h1-2,7H,3-6,11H2. The third-order valence-corrected chi connectivity index (χ3v) is 6.21. The first kappa shape index (κ1) is 14.9. The summed E-state index contributed by atoms with van der Waals surface area (Å²) in [5.41, 5.74) is 5.18. The first-order chi connectivity index (χ1) is 9.32. The molecule has 0 unspecified atom stereocenters. The molecule has 1 aromatic rings. The molecule has 10 heteroatoms. The van der Waals surface area contributed by atoms with Crippen LogP contribution in [-0.4, -0.2) is 46.5 Å². The van der Waals surface area contributed by atoms with Gasteiger partial charge in [0.2, 0.25) is 10.0 Å². The molecular formula is C10H13N3O5S2. The molecule has 1 saturated heterocycles. The number of sulfonamides is 1. The van der Waals surface area contributed by atoms with Crippen molar-refractivity contribution in [2.45, 2.75) is 4.90 Å². The van der Waals surface area contributed by atoms with Gasteiger partial charge in [-0.3, -0.25) is 14.3 Å². The van der Waals surface area contributed by atoms with Crippen molar-refractivity contribution < 1.29 is 17.6 Å². The van der Waals surface area contributed by atoms with Crippen molar-refractivity contribution >= 4 is 32.2 Å². The number of anilines is 1. The van der Waals surface area contributed by atoms with Crippen LogP contribution in [0.25, 0.3) is 0 Å². The Morgan fingerprint density at radius 3 is 2.40 bits per heavy atom. The number of nitrogen functional groups attached to an aromatic ring is 1. The average molecular weight is 319 g/mol. The molecule has 110 valence electrons. The maximum atomic E-state index is 12.4. The van der Waals surface area contributed by atoms with E-state index in [2.05, 4.69) is 0 Å². The van der Waals surface area contributed by atoms with E-state index in [9.17, 15) is 22.7 Å². The summed E-state index contributed by atoms with van der Waals surface area (Å²) in [6.45, 7) is 0.316. The molecule has 0 atom stereocenters. The summed E-state index contributed by atoms with van der Waals surface area (Å²) in [4.78, 5) is 9.81. The van der Waals surface area contributed by atoms with Crippen LogP contribution in [-0.2, 0) is 20.8 Å². The van der Waals surface area contributed by atoms with Gasteiger partial charge >= 0.3 is 0 Å². The fraction of sp³-hybridized carbons (Fsp3) is 0.400. The molecule has 0 amide bonds. The van der Waals surface area contributed by atoms with Gasteiger partial charge in [-0.1, -0.05) is 0 Å². The van der Waals surface area contributed by atoms with E-state index in [0.29, 0.717) is 0 Å². The quantitative estimate of drug-likeness (QED) is 0.472. The number of nitrogens with two attached hydrogens (primary N) is 1. The minimum Gasteiger partial charge on any atom is -0.397 e. The van der Waals surface area contributed by atoms with Gasteiger partial charge in [0.1, 0.15) is 4.90 Å². The summed E-state index contributed by atoms with van der Waals surface area (Å²) in [5, 5.41) is 10.6. The summed E-state index contributed by atoms with van der Waals surface area (Å²) in [5.74, 6) is 0.568. The van der Waals surface area contributed by atoms with Crippen LogP contribution in [0.4, 0.5) is 11.4 Å². The lowest BCUT2D eigenvalue weighted by molar-refractivity contribution is -0.384. The SMILES string of the molecule is Nc1cc([N+](=O)[O-])ccc1S(=O)(=O)N1CCS(=O)CC1. The molecule has 2 N–H and O–H groups in total. The fourth-order valence-corrected chi connectivity index (χ4v) is 4.71. The smallest absolute Gasteiger partial charge is 0.271 e. The molecule has 1 fully saturated rings. The molecule has 0 saturated carbocycles. The highest BCUT2D eigenvalue weighted by Crippen LogP contribution is 2.27. The number of non-ortho nitro benzene ring substituents is 1. The van der Waals surface area contributed by atoms with Crippen molar-refractivity contribution in [3.8, 4) is 0 Å². The minimum absolute atomic E-state index is 0.157. The zero-order chi connectivity index (χ0) is 14.9. The third-order valence-electron chi connectivity index (χ3n) is 2.96. The van der Waals surface area contributed by atoms with Crippen molar-refractivity contribution in [3.63, 3.8) is 0 Å². The summed E-state index contributed by atoms with van der Waals surface area (Å²) in [7, 11) is -4.80. The van der Waals surface area contributed by atoms with E-state index in [0.717, 1.165) is 18.2 Å². The van der Waals surface area contributed by atoms with Crippen molar-refractivity contribution in [2.24, 2.45) is 0 Å². The molecule has 1 heterocycles. The molecular weight excluding hydrogens is 306 g/mol. The molecule has 0 bridgehead atoms. The van der Waals surface area contributed by atoms with Gasteiger partial charge < -0.3 is 5.73 Å². The number of nitro benzene ring substituents is 1. The second-order valence-corrected chi connectivity index (χ2v) is 7.83. The third kappa shape index (κ3) is 2.81. The lowest BCUT2D eigenvalue weighted by Crippen LogP contribution is -2.41. The van der Waals surface area contributed by atoms with Crippen LogP contribution in [0.2, 0.25) is 0 Å². The second kappa shape index (κ2) is 5.46. The Labute approximate surface area is 118 Å². The second-order valence-electron chi connectivity index (χ2n) is 4.23. The molecule has 1 aliphatic heterocycles. The van der Waals surface area contributed by atoms with E-state index < -0.39 is 25.7 Å². The first-order valence-electron chi connectivity index (χ1n) is 5.71. The van der Waals surface area contributed by atoms with Gasteiger partial charge in [-0.2, -0.15) is 4.31 Å². The van der Waals surface area contributed by atoms with Crippen LogP contribution in [0.3, 0.4) is 0 Å². The van der Waals surface area contributed by atoms with Gasteiger partial charge in [-0.15, -0.1) is 0 Å². The number of rotatable bonds is 3. The summed E-state index contributed by atoms with van der Waals surface area (Å²) in [6, 6.07) is 3.26. The Balaban J connectivity index is 2.35. The van der Waals surface area contributed by atoms with Crippen molar-refractivity contribution in [2.75, 3.05) is 30.3 Å². The van der Waals surface area contributed by atoms with Crippen LogP contribution in [0, 0.1) is 10.1 Å². The molecule has 0 spiro atoms. The van der Waals surface area contributed by atoms with E-state index in [1.54, 1.807) is 0 Å². The number of nitrogens with zero attached hydrogens (tertiary/aromatic N) is 2. The molecule has 2 rings (SSSR count). The Morgan fingerprint density at radius 1 is 1.30 bits per heavy atom. The Kier molecular flexibility index (Phi) is 4.06. The average Bonchev–Trinajstić information content (AvgIpc) is 2.38. The van der Waals surface area contributed by atoms with Gasteiger partial charge in [0.05, 0.1) is 10.6 Å². The number of hydrogen-bond donors (Lipinski definition) is 1. The highest BCUT2D eigenvalue weighted by molar-refractivity contribution is 7.89. The van der Waals surface area contributed by atoms with Crippen LogP contribution in [0.5, 0.6) is 0 Å². The van der Waals surface area contributed by atoms with E-state index in [1.165, 1.54) is 4.31 Å². The van der Waals surface area contributed by atoms with Crippen LogP contribution in [0.1, 0.15) is 0 Å². The zero-order valence-corrected chi connectivity index (χ0v) is 12.0. The van der Waals surface area contributed by atoms with Crippen LogP contribution < -0.4 is 5.73 Å². The largest absolute Gasteiger partial charge is 0.397 e. The number of benzene rings is 1.